The van der Waals surface area contributed by atoms with Crippen LogP contribution in [0.3, 0.4) is 0 Å². The highest BCUT2D eigenvalue weighted by Crippen LogP contribution is 2.40. The summed E-state index contributed by atoms with van der Waals surface area (Å²) in [7, 11) is 0. The zero-order chi connectivity index (χ0) is 58.9. The van der Waals surface area contributed by atoms with Crippen molar-refractivity contribution in [2.75, 3.05) is 28.6 Å². The van der Waals surface area contributed by atoms with Crippen LogP contribution in [0.2, 0.25) is 0 Å². The van der Waals surface area contributed by atoms with Gasteiger partial charge in [0.25, 0.3) is 11.8 Å². The van der Waals surface area contributed by atoms with E-state index in [4.69, 9.17) is 4.74 Å². The summed E-state index contributed by atoms with van der Waals surface area (Å²) in [6, 6.07) is 29.0. The van der Waals surface area contributed by atoms with E-state index in [0.717, 1.165) is 81.2 Å². The Morgan fingerprint density at radius 2 is 1.04 bits per heavy atom. The van der Waals surface area contributed by atoms with E-state index < -0.39 is 60.0 Å². The molecule has 6 amide bonds. The second-order valence-electron chi connectivity index (χ2n) is 21.0. The fourth-order valence-electron chi connectivity index (χ4n) is 10.9. The van der Waals surface area contributed by atoms with Crippen molar-refractivity contribution in [3.05, 3.63) is 155 Å². The SMILES string of the molecule is O=C(CCNC(=O)c1ccc(CN(C(=O)Nc2cccc(OC(F)(F)F)c2)c2ccc(C3=CCCCC3)cc2)cc1)OC(=O)CCNC(=O)c1ccc(CN(C(=O)Nc2cccc(OC(F)(F)F)c2)C2CCC(C3CCCCC3)CC2)cc1. The number of alkyl halides is 6. The van der Waals surface area contributed by atoms with Gasteiger partial charge < -0.3 is 40.4 Å². The van der Waals surface area contributed by atoms with E-state index in [1.807, 2.05) is 12.1 Å². The molecule has 83 heavy (non-hydrogen) atoms. The number of rotatable bonds is 20. The Balaban J connectivity index is 0.783. The number of hydrogen-bond acceptors (Lipinski definition) is 9. The standard InChI is InChI=1S/C62H66F6N6O9/c63-61(64,65)82-53-15-7-13-49(37-53)71-59(79)73(51-29-25-45(26-30-51)43-9-3-1-4-10-43)39-41-17-21-47(22-18-41)57(77)69-35-33-55(75)81-56(76)34-36-70-58(78)48-23-19-42(20-24-48)40-74(52-31-27-46(28-32-52)44-11-5-2-6-12-44)60(80)72-50-14-8-16-54(38-50)83-62(66,67)68/h7-9,13-26,29-30,37-38,44,46,52H,1-6,10-12,27-28,31-36,39-40H2,(H,69,77)(H,70,78)(H,71,79)(H,72,80). The van der Waals surface area contributed by atoms with Crippen LogP contribution in [0.5, 0.6) is 11.5 Å². The van der Waals surface area contributed by atoms with Crippen LogP contribution in [0.15, 0.2) is 127 Å². The summed E-state index contributed by atoms with van der Waals surface area (Å²) in [6.07, 6.45) is 5.46. The van der Waals surface area contributed by atoms with Gasteiger partial charge >= 0.3 is 36.7 Å². The second-order valence-corrected chi connectivity index (χ2v) is 21.0. The molecule has 4 N–H and O–H groups in total. The highest BCUT2D eigenvalue weighted by Gasteiger charge is 2.35. The van der Waals surface area contributed by atoms with E-state index >= 15 is 0 Å². The molecule has 3 aliphatic rings. The fraction of sp³-hybridized carbons (Fsp3) is 0.387. The summed E-state index contributed by atoms with van der Waals surface area (Å²) in [6.45, 7) is -0.158. The smallest absolute Gasteiger partial charge is 0.406 e. The molecule has 0 bridgehead atoms. The second kappa shape index (κ2) is 28.6. The zero-order valence-electron chi connectivity index (χ0n) is 45.6. The molecule has 0 unspecified atom stereocenters. The predicted octanol–water partition coefficient (Wildman–Crippen LogP) is 13.9. The van der Waals surface area contributed by atoms with E-state index in [9.17, 15) is 55.1 Å². The van der Waals surface area contributed by atoms with Gasteiger partial charge in [-0.2, -0.15) is 0 Å². The van der Waals surface area contributed by atoms with Gasteiger partial charge in [0, 0.05) is 66.0 Å². The van der Waals surface area contributed by atoms with Crippen LogP contribution in [-0.4, -0.2) is 72.6 Å². The van der Waals surface area contributed by atoms with Crippen LogP contribution in [0.4, 0.5) is 53.0 Å². The monoisotopic (exact) mass is 1150 g/mol. The molecule has 2 saturated carbocycles. The van der Waals surface area contributed by atoms with Gasteiger partial charge in [0.2, 0.25) is 0 Å². The maximum atomic E-state index is 13.9. The minimum atomic E-state index is -4.93. The van der Waals surface area contributed by atoms with E-state index in [-0.39, 0.29) is 67.6 Å². The van der Waals surface area contributed by atoms with Gasteiger partial charge in [-0.15, -0.1) is 26.3 Å². The summed E-state index contributed by atoms with van der Waals surface area (Å²) >= 11 is 0. The quantitative estimate of drug-likeness (QED) is 0.0334. The highest BCUT2D eigenvalue weighted by atomic mass is 19.4. The number of nitrogens with one attached hydrogen (secondary N) is 4. The van der Waals surface area contributed by atoms with Gasteiger partial charge in [-0.3, -0.25) is 24.1 Å². The van der Waals surface area contributed by atoms with Gasteiger partial charge in [-0.05, 0) is 146 Å². The van der Waals surface area contributed by atoms with Gasteiger partial charge in [0.15, 0.2) is 0 Å². The molecule has 0 saturated heterocycles. The van der Waals surface area contributed by atoms with Crippen LogP contribution in [0.1, 0.15) is 134 Å². The molecule has 15 nitrogen and oxygen atoms in total. The average molecular weight is 1150 g/mol. The summed E-state index contributed by atoms with van der Waals surface area (Å²) in [5, 5.41) is 10.6. The normalized spacial score (nSPS) is 16.5. The van der Waals surface area contributed by atoms with E-state index in [0.29, 0.717) is 28.7 Å². The molecule has 0 atom stereocenters. The summed E-state index contributed by atoms with van der Waals surface area (Å²) in [5.41, 5.74) is 4.74. The molecule has 21 heteroatoms. The van der Waals surface area contributed by atoms with Crippen LogP contribution in [0, 0.1) is 11.8 Å². The Morgan fingerprint density at radius 1 is 0.530 bits per heavy atom. The third-order valence-electron chi connectivity index (χ3n) is 15.1. The van der Waals surface area contributed by atoms with Crippen LogP contribution in [0.25, 0.3) is 5.57 Å². The third kappa shape index (κ3) is 18.8. The Kier molecular flexibility index (Phi) is 20.9. The number of hydrogen-bond donors (Lipinski definition) is 4. The molecule has 0 spiro atoms. The van der Waals surface area contributed by atoms with Crippen molar-refractivity contribution < 1.29 is 69.3 Å². The number of carbonyl (C=O) groups excluding carboxylic acids is 6. The Bertz CT molecular complexity index is 3070. The molecule has 0 aliphatic heterocycles. The average Bonchev–Trinajstić information content (AvgIpc) is 3.56. The number of urea groups is 2. The van der Waals surface area contributed by atoms with E-state index in [2.05, 4.69) is 36.8 Å². The van der Waals surface area contributed by atoms with Crippen molar-refractivity contribution in [1.82, 2.24) is 15.5 Å². The number of nitrogens with zero attached hydrogens (tertiary/aromatic N) is 2. The first-order chi connectivity index (χ1) is 39.8. The van der Waals surface area contributed by atoms with Gasteiger partial charge in [0.05, 0.1) is 19.4 Å². The predicted molar refractivity (Wildman–Crippen MR) is 299 cm³/mol. The molecule has 5 aromatic rings. The minimum absolute atomic E-state index is 0.00773. The summed E-state index contributed by atoms with van der Waals surface area (Å²) in [5.74, 6) is -2.55. The van der Waals surface area contributed by atoms with Crippen molar-refractivity contribution in [2.45, 2.75) is 128 Å². The lowest BCUT2D eigenvalue weighted by Crippen LogP contribution is -2.44. The van der Waals surface area contributed by atoms with Crippen LogP contribution < -0.4 is 35.6 Å². The summed E-state index contributed by atoms with van der Waals surface area (Å²) in [4.78, 5) is 82.0. The number of benzene rings is 5. The lowest BCUT2D eigenvalue weighted by atomic mass is 9.72. The first kappa shape index (κ1) is 60.7. The van der Waals surface area contributed by atoms with Crippen LogP contribution in [-0.2, 0) is 27.4 Å². The first-order valence-electron chi connectivity index (χ1n) is 28.0. The summed E-state index contributed by atoms with van der Waals surface area (Å²) < 4.78 is 90.7. The molecule has 5 aromatic carbocycles. The zero-order valence-corrected chi connectivity index (χ0v) is 45.6. The maximum Gasteiger partial charge on any atom is 0.573 e. The van der Waals surface area contributed by atoms with Gasteiger partial charge in [-0.25, -0.2) is 9.59 Å². The molecular formula is C62H66F6N6O9. The number of ether oxygens (including phenoxy) is 3. The number of carbonyl (C=O) groups is 6. The van der Waals surface area contributed by atoms with Crippen LogP contribution >= 0.6 is 0 Å². The van der Waals surface area contributed by atoms with Gasteiger partial charge in [-0.1, -0.05) is 86.7 Å². The number of allylic oxidation sites excluding steroid dienone is 2. The van der Waals surface area contributed by atoms with Crippen molar-refractivity contribution in [1.29, 1.82) is 0 Å². The third-order valence-corrected chi connectivity index (χ3v) is 15.1. The highest BCUT2D eigenvalue weighted by molar-refractivity contribution is 6.02. The van der Waals surface area contributed by atoms with Crippen molar-refractivity contribution >= 4 is 58.5 Å². The van der Waals surface area contributed by atoms with E-state index in [1.54, 1.807) is 53.4 Å². The molecule has 2 fully saturated rings. The number of anilines is 3. The molecule has 3 aliphatic carbocycles. The van der Waals surface area contributed by atoms with Crippen molar-refractivity contribution in [2.24, 2.45) is 11.8 Å². The lowest BCUT2D eigenvalue weighted by molar-refractivity contribution is -0.275. The molecule has 0 radical (unpaired) electrons. The Morgan fingerprint density at radius 3 is 1.54 bits per heavy atom. The molecule has 0 heterocycles. The van der Waals surface area contributed by atoms with Gasteiger partial charge in [0.1, 0.15) is 11.5 Å². The molecule has 440 valence electrons. The molecular weight excluding hydrogens is 1090 g/mol. The Hall–Kier alpha value is -8.36. The maximum absolute atomic E-state index is 13.9. The number of esters is 2. The topological polar surface area (TPSA) is 185 Å². The van der Waals surface area contributed by atoms with E-state index in [1.165, 1.54) is 79.0 Å². The lowest BCUT2D eigenvalue weighted by Gasteiger charge is -2.40. The minimum Gasteiger partial charge on any atom is -0.406 e. The van der Waals surface area contributed by atoms with Crippen molar-refractivity contribution in [3.8, 4) is 11.5 Å². The first-order valence-corrected chi connectivity index (χ1v) is 28.0. The number of halogens is 6. The molecule has 8 rings (SSSR count). The number of amides is 6. The Labute approximate surface area is 477 Å². The van der Waals surface area contributed by atoms with Crippen molar-refractivity contribution in [3.63, 3.8) is 0 Å². The fourth-order valence-corrected chi connectivity index (χ4v) is 10.9. The molecule has 0 aromatic heterocycles. The largest absolute Gasteiger partial charge is 0.573 e.